The van der Waals surface area contributed by atoms with E-state index in [1.807, 2.05) is 0 Å². The molecule has 1 amide bonds. The first-order chi connectivity index (χ1) is 8.76. The molecule has 1 saturated carbocycles. The first kappa shape index (κ1) is 13.8. The zero-order valence-electron chi connectivity index (χ0n) is 11.4. The molecule has 0 aromatic carbocycles. The zero-order chi connectivity index (χ0) is 13.0. The van der Waals surface area contributed by atoms with Crippen LogP contribution in [0, 0.1) is 5.92 Å². The van der Waals surface area contributed by atoms with Gasteiger partial charge < -0.3 is 15.4 Å². The molecule has 2 fully saturated rings. The van der Waals surface area contributed by atoms with E-state index < -0.39 is 0 Å². The van der Waals surface area contributed by atoms with Crippen molar-refractivity contribution in [1.29, 1.82) is 0 Å². The molecule has 1 saturated heterocycles. The summed E-state index contributed by atoms with van der Waals surface area (Å²) >= 11 is 0. The number of nitrogens with zero attached hydrogens (tertiary/aromatic N) is 1. The zero-order valence-corrected chi connectivity index (χ0v) is 11.4. The van der Waals surface area contributed by atoms with Crippen LogP contribution < -0.4 is 5.73 Å². The average Bonchev–Trinajstić information content (AvgIpc) is 2.43. The highest BCUT2D eigenvalue weighted by atomic mass is 16.5. The van der Waals surface area contributed by atoms with Crippen molar-refractivity contribution in [3.63, 3.8) is 0 Å². The van der Waals surface area contributed by atoms with E-state index in [0.717, 1.165) is 18.9 Å². The fraction of sp³-hybridized carbons (Fsp3) is 0.929. The Morgan fingerprint density at radius 3 is 2.78 bits per heavy atom. The maximum Gasteiger partial charge on any atom is 0.225 e. The van der Waals surface area contributed by atoms with Crippen LogP contribution in [0.3, 0.4) is 0 Å². The van der Waals surface area contributed by atoms with Gasteiger partial charge in [0.15, 0.2) is 0 Å². The lowest BCUT2D eigenvalue weighted by molar-refractivity contribution is -0.140. The Morgan fingerprint density at radius 1 is 1.33 bits per heavy atom. The molecular formula is C14H26N2O2. The van der Waals surface area contributed by atoms with Gasteiger partial charge in [0.1, 0.15) is 0 Å². The van der Waals surface area contributed by atoms with Crippen molar-refractivity contribution >= 4 is 5.91 Å². The molecule has 0 radical (unpaired) electrons. The van der Waals surface area contributed by atoms with Crippen LogP contribution in [0.15, 0.2) is 0 Å². The number of fused-ring (bicyclic) bond motifs is 1. The highest BCUT2D eigenvalue weighted by molar-refractivity contribution is 5.77. The van der Waals surface area contributed by atoms with Crippen molar-refractivity contribution in [2.45, 2.75) is 57.1 Å². The van der Waals surface area contributed by atoms with Crippen molar-refractivity contribution in [3.8, 4) is 0 Å². The summed E-state index contributed by atoms with van der Waals surface area (Å²) in [6.45, 7) is 1.35. The van der Waals surface area contributed by atoms with Gasteiger partial charge in [0, 0.05) is 26.2 Å². The van der Waals surface area contributed by atoms with E-state index in [9.17, 15) is 4.79 Å². The number of ether oxygens (including phenoxy) is 1. The van der Waals surface area contributed by atoms with E-state index in [0.29, 0.717) is 19.0 Å². The summed E-state index contributed by atoms with van der Waals surface area (Å²) in [5, 5.41) is 0. The Morgan fingerprint density at radius 2 is 2.06 bits per heavy atom. The number of carbonyl (C=O) groups excluding carboxylic acids is 1. The van der Waals surface area contributed by atoms with E-state index >= 15 is 0 Å². The van der Waals surface area contributed by atoms with E-state index in [-0.39, 0.29) is 12.0 Å². The Kier molecular flexibility index (Phi) is 5.01. The van der Waals surface area contributed by atoms with Gasteiger partial charge in [-0.3, -0.25) is 4.79 Å². The Hall–Kier alpha value is -0.610. The topological polar surface area (TPSA) is 55.6 Å². The number of piperidine rings is 1. The Bertz CT molecular complexity index is 277. The summed E-state index contributed by atoms with van der Waals surface area (Å²) in [5.74, 6) is 0.985. The summed E-state index contributed by atoms with van der Waals surface area (Å²) in [6.07, 6.45) is 7.89. The minimum atomic E-state index is -0.124. The predicted octanol–water partition coefficient (Wildman–Crippen LogP) is 1.53. The van der Waals surface area contributed by atoms with Crippen LogP contribution in [0.5, 0.6) is 0 Å². The SMILES string of the molecule is COC(CN)CC(=O)N1CCC[C@H]2CCCC[C@H]21. The molecule has 2 rings (SSSR count). The highest BCUT2D eigenvalue weighted by Crippen LogP contribution is 2.35. The lowest BCUT2D eigenvalue weighted by atomic mass is 9.78. The van der Waals surface area contributed by atoms with Crippen LogP contribution in [-0.4, -0.2) is 43.2 Å². The van der Waals surface area contributed by atoms with Crippen molar-refractivity contribution < 1.29 is 9.53 Å². The minimum Gasteiger partial charge on any atom is -0.380 e. The molecule has 3 atom stereocenters. The third-order valence-electron chi connectivity index (χ3n) is 4.56. The molecule has 4 heteroatoms. The van der Waals surface area contributed by atoms with Crippen LogP contribution in [0.1, 0.15) is 44.9 Å². The third kappa shape index (κ3) is 3.04. The second-order valence-electron chi connectivity index (χ2n) is 5.64. The van der Waals surface area contributed by atoms with Gasteiger partial charge in [-0.25, -0.2) is 0 Å². The number of hydrogen-bond donors (Lipinski definition) is 1. The molecule has 4 nitrogen and oxygen atoms in total. The van der Waals surface area contributed by atoms with Gasteiger partial charge in [-0.1, -0.05) is 12.8 Å². The summed E-state index contributed by atoms with van der Waals surface area (Å²) in [6, 6.07) is 0.496. The van der Waals surface area contributed by atoms with E-state index in [2.05, 4.69) is 4.90 Å². The van der Waals surface area contributed by atoms with Gasteiger partial charge in [-0.2, -0.15) is 0 Å². The van der Waals surface area contributed by atoms with E-state index in [4.69, 9.17) is 10.5 Å². The molecular weight excluding hydrogens is 228 g/mol. The van der Waals surface area contributed by atoms with Crippen molar-refractivity contribution in [2.75, 3.05) is 20.2 Å². The largest absolute Gasteiger partial charge is 0.380 e. The molecule has 1 aliphatic heterocycles. The van der Waals surface area contributed by atoms with Crippen LogP contribution in [0.2, 0.25) is 0 Å². The fourth-order valence-corrected chi connectivity index (χ4v) is 3.51. The lowest BCUT2D eigenvalue weighted by Gasteiger charge is -2.44. The first-order valence-corrected chi connectivity index (χ1v) is 7.28. The van der Waals surface area contributed by atoms with E-state index in [1.165, 1.54) is 32.1 Å². The highest BCUT2D eigenvalue weighted by Gasteiger charge is 2.35. The minimum absolute atomic E-state index is 0.124. The maximum absolute atomic E-state index is 12.4. The smallest absolute Gasteiger partial charge is 0.225 e. The molecule has 0 spiro atoms. The van der Waals surface area contributed by atoms with Gasteiger partial charge in [0.05, 0.1) is 12.5 Å². The second kappa shape index (κ2) is 6.53. The van der Waals surface area contributed by atoms with Crippen LogP contribution >= 0.6 is 0 Å². The number of carbonyl (C=O) groups is 1. The number of nitrogens with two attached hydrogens (primary N) is 1. The van der Waals surface area contributed by atoms with Gasteiger partial charge >= 0.3 is 0 Å². The van der Waals surface area contributed by atoms with Crippen molar-refractivity contribution in [1.82, 2.24) is 4.90 Å². The average molecular weight is 254 g/mol. The Balaban J connectivity index is 1.95. The number of methoxy groups -OCH3 is 1. The molecule has 1 unspecified atom stereocenters. The first-order valence-electron chi connectivity index (χ1n) is 7.28. The summed E-state index contributed by atoms with van der Waals surface area (Å²) in [7, 11) is 1.63. The van der Waals surface area contributed by atoms with Crippen molar-refractivity contribution in [3.05, 3.63) is 0 Å². The number of likely N-dealkylation sites (tertiary alicyclic amines) is 1. The van der Waals surface area contributed by atoms with Gasteiger partial charge in [0.2, 0.25) is 5.91 Å². The second-order valence-corrected chi connectivity index (χ2v) is 5.64. The summed E-state index contributed by atoms with van der Waals surface area (Å²) in [4.78, 5) is 14.5. The predicted molar refractivity (Wildman–Crippen MR) is 71.2 cm³/mol. The maximum atomic E-state index is 12.4. The fourth-order valence-electron chi connectivity index (χ4n) is 3.51. The molecule has 2 N–H and O–H groups in total. The molecule has 1 heterocycles. The lowest BCUT2D eigenvalue weighted by Crippen LogP contribution is -2.50. The molecule has 1 aliphatic carbocycles. The standard InChI is InChI=1S/C14H26N2O2/c1-18-12(10-15)9-14(17)16-8-4-6-11-5-2-3-7-13(11)16/h11-13H,2-10,15H2,1H3/t11-,12?,13-/m1/s1. The van der Waals surface area contributed by atoms with Gasteiger partial charge in [-0.05, 0) is 31.6 Å². The van der Waals surface area contributed by atoms with Crippen LogP contribution in [0.25, 0.3) is 0 Å². The molecule has 104 valence electrons. The quantitative estimate of drug-likeness (QED) is 0.828. The number of amides is 1. The summed E-state index contributed by atoms with van der Waals surface area (Å²) < 4.78 is 5.22. The molecule has 0 bridgehead atoms. The number of hydrogen-bond acceptors (Lipinski definition) is 3. The normalized spacial score (nSPS) is 29.8. The number of rotatable bonds is 4. The monoisotopic (exact) mass is 254 g/mol. The summed E-state index contributed by atoms with van der Waals surface area (Å²) in [5.41, 5.74) is 5.60. The Labute approximate surface area is 110 Å². The van der Waals surface area contributed by atoms with Crippen LogP contribution in [-0.2, 0) is 9.53 Å². The van der Waals surface area contributed by atoms with Crippen molar-refractivity contribution in [2.24, 2.45) is 11.7 Å². The molecule has 0 aromatic rings. The van der Waals surface area contributed by atoms with E-state index in [1.54, 1.807) is 7.11 Å². The third-order valence-corrected chi connectivity index (χ3v) is 4.56. The van der Waals surface area contributed by atoms with Gasteiger partial charge in [-0.15, -0.1) is 0 Å². The molecule has 0 aromatic heterocycles. The van der Waals surface area contributed by atoms with Crippen LogP contribution in [0.4, 0.5) is 0 Å². The molecule has 18 heavy (non-hydrogen) atoms. The molecule has 2 aliphatic rings. The van der Waals surface area contributed by atoms with Gasteiger partial charge in [0.25, 0.3) is 0 Å².